The molecule has 8 nitrogen and oxygen atoms in total. The number of ether oxygens (including phenoxy) is 1. The van der Waals surface area contributed by atoms with Crippen LogP contribution >= 0.6 is 0 Å². The van der Waals surface area contributed by atoms with E-state index in [-0.39, 0.29) is 16.7 Å². The van der Waals surface area contributed by atoms with Gasteiger partial charge in [0.15, 0.2) is 5.52 Å². The maximum atomic E-state index is 12.8. The normalized spacial score (nSPS) is 15.0. The highest BCUT2D eigenvalue weighted by molar-refractivity contribution is 5.86. The quantitative estimate of drug-likeness (QED) is 0.550. The number of aromatic nitrogens is 5. The molecule has 1 saturated carbocycles. The molecule has 3 aromatic heterocycles. The number of benzene rings is 1. The van der Waals surface area contributed by atoms with Gasteiger partial charge in [-0.2, -0.15) is 0 Å². The summed E-state index contributed by atoms with van der Waals surface area (Å²) in [5, 5.41) is 2.01. The lowest BCUT2D eigenvalue weighted by molar-refractivity contribution is 0.415. The number of hydrogen-bond acceptors (Lipinski definition) is 5. The molecule has 0 aliphatic heterocycles. The Bertz CT molecular complexity index is 1410. The number of nitrogens with one attached hydrogen (secondary N) is 1. The molecular weight excluding hydrogens is 382 g/mol. The maximum Gasteiger partial charge on any atom is 0.332 e. The van der Waals surface area contributed by atoms with Crippen LogP contribution in [0.3, 0.4) is 0 Å². The molecule has 0 atom stereocenters. The Morgan fingerprint density at radius 1 is 1.23 bits per heavy atom. The fourth-order valence-electron chi connectivity index (χ4n) is 3.93. The highest BCUT2D eigenvalue weighted by atomic mass is 16.5. The van der Waals surface area contributed by atoms with E-state index in [4.69, 9.17) is 4.74 Å². The second kappa shape index (κ2) is 6.55. The first kappa shape index (κ1) is 18.6. The van der Waals surface area contributed by atoms with Gasteiger partial charge in [-0.25, -0.2) is 9.78 Å². The molecule has 5 rings (SSSR count). The van der Waals surface area contributed by atoms with Gasteiger partial charge < -0.3 is 9.72 Å². The topological polar surface area (TPSA) is 94.8 Å². The summed E-state index contributed by atoms with van der Waals surface area (Å²) in [5.74, 6) is 1.40. The predicted molar refractivity (Wildman–Crippen MR) is 114 cm³/mol. The fourth-order valence-corrected chi connectivity index (χ4v) is 3.93. The molecule has 1 N–H and O–H groups in total. The summed E-state index contributed by atoms with van der Waals surface area (Å²) >= 11 is 0. The molecule has 0 spiro atoms. The van der Waals surface area contributed by atoms with E-state index in [1.165, 1.54) is 7.05 Å². The van der Waals surface area contributed by atoms with Crippen LogP contribution < -0.4 is 16.0 Å². The molecule has 30 heavy (non-hydrogen) atoms. The van der Waals surface area contributed by atoms with E-state index in [0.717, 1.165) is 39.5 Å². The van der Waals surface area contributed by atoms with Crippen molar-refractivity contribution < 1.29 is 4.74 Å². The van der Waals surface area contributed by atoms with E-state index in [0.29, 0.717) is 30.0 Å². The van der Waals surface area contributed by atoms with Gasteiger partial charge in [-0.15, -0.1) is 0 Å². The summed E-state index contributed by atoms with van der Waals surface area (Å²) in [4.78, 5) is 37.6. The lowest BCUT2D eigenvalue weighted by atomic mass is 10.1. The standard InChI is InChI=1S/C22H23N5O3/c1-22(6-7-22)12-27-19-18(20(28)26(2)21(27)29)24-17(25-19)9-14-11-23-10-13-8-15(30-3)4-5-16(13)14/h4-5,8,10-11H,6-7,9,12H2,1-3H3,(H,24,25). The van der Waals surface area contributed by atoms with Crippen LogP contribution in [0.15, 0.2) is 40.2 Å². The second-order valence-corrected chi connectivity index (χ2v) is 8.49. The summed E-state index contributed by atoms with van der Waals surface area (Å²) in [6.07, 6.45) is 6.23. The van der Waals surface area contributed by atoms with E-state index in [2.05, 4.69) is 21.9 Å². The van der Waals surface area contributed by atoms with Crippen LogP contribution in [-0.2, 0) is 20.0 Å². The van der Waals surface area contributed by atoms with Crippen molar-refractivity contribution in [3.05, 3.63) is 62.8 Å². The van der Waals surface area contributed by atoms with Crippen LogP contribution in [0.4, 0.5) is 0 Å². The summed E-state index contributed by atoms with van der Waals surface area (Å²) in [6.45, 7) is 2.73. The molecule has 0 amide bonds. The van der Waals surface area contributed by atoms with Gasteiger partial charge >= 0.3 is 5.69 Å². The average molecular weight is 405 g/mol. The minimum absolute atomic E-state index is 0.109. The number of pyridine rings is 1. The number of methoxy groups -OCH3 is 1. The van der Waals surface area contributed by atoms with Gasteiger partial charge in [0, 0.05) is 37.8 Å². The van der Waals surface area contributed by atoms with Crippen LogP contribution in [0, 0.1) is 5.41 Å². The number of imidazole rings is 1. The molecule has 0 bridgehead atoms. The van der Waals surface area contributed by atoms with Gasteiger partial charge in [-0.3, -0.25) is 18.9 Å². The van der Waals surface area contributed by atoms with Crippen LogP contribution in [0.25, 0.3) is 21.9 Å². The number of H-pyrrole nitrogens is 1. The molecule has 1 fully saturated rings. The number of hydrogen-bond donors (Lipinski definition) is 1. The molecule has 0 unspecified atom stereocenters. The fraction of sp³-hybridized carbons (Fsp3) is 0.364. The molecule has 1 aliphatic carbocycles. The van der Waals surface area contributed by atoms with Crippen molar-refractivity contribution in [3.8, 4) is 5.75 Å². The van der Waals surface area contributed by atoms with Crippen molar-refractivity contribution >= 4 is 21.9 Å². The van der Waals surface area contributed by atoms with Crippen LogP contribution in [-0.4, -0.2) is 31.2 Å². The van der Waals surface area contributed by atoms with Crippen molar-refractivity contribution in [2.24, 2.45) is 12.5 Å². The Labute approximate surface area is 172 Å². The minimum atomic E-state index is -0.379. The zero-order valence-electron chi connectivity index (χ0n) is 17.2. The van der Waals surface area contributed by atoms with E-state index in [1.54, 1.807) is 24.1 Å². The predicted octanol–water partition coefficient (Wildman–Crippen LogP) is 2.37. The first-order valence-electron chi connectivity index (χ1n) is 9.98. The minimum Gasteiger partial charge on any atom is -0.497 e. The van der Waals surface area contributed by atoms with Crippen LogP contribution in [0.1, 0.15) is 31.2 Å². The van der Waals surface area contributed by atoms with Crippen molar-refractivity contribution in [2.75, 3.05) is 7.11 Å². The first-order chi connectivity index (χ1) is 14.4. The molecule has 8 heteroatoms. The summed E-state index contributed by atoms with van der Waals surface area (Å²) in [6, 6.07) is 5.85. The molecule has 0 radical (unpaired) electrons. The Morgan fingerprint density at radius 3 is 2.77 bits per heavy atom. The number of fused-ring (bicyclic) bond motifs is 2. The number of rotatable bonds is 5. The molecule has 1 aliphatic rings. The number of aromatic amines is 1. The maximum absolute atomic E-state index is 12.8. The molecule has 1 aromatic carbocycles. The van der Waals surface area contributed by atoms with Gasteiger partial charge in [0.05, 0.1) is 7.11 Å². The summed E-state index contributed by atoms with van der Waals surface area (Å²) in [5.41, 5.74) is 1.20. The lowest BCUT2D eigenvalue weighted by Crippen LogP contribution is -2.39. The second-order valence-electron chi connectivity index (χ2n) is 8.49. The third-order valence-electron chi connectivity index (χ3n) is 6.08. The molecule has 154 valence electrons. The smallest absolute Gasteiger partial charge is 0.332 e. The van der Waals surface area contributed by atoms with Crippen molar-refractivity contribution in [3.63, 3.8) is 0 Å². The molecule has 3 heterocycles. The van der Waals surface area contributed by atoms with Crippen molar-refractivity contribution in [1.82, 2.24) is 24.1 Å². The summed E-state index contributed by atoms with van der Waals surface area (Å²) in [7, 11) is 3.14. The Morgan fingerprint density at radius 2 is 2.03 bits per heavy atom. The zero-order chi connectivity index (χ0) is 21.0. The zero-order valence-corrected chi connectivity index (χ0v) is 17.2. The van der Waals surface area contributed by atoms with Gasteiger partial charge in [0.1, 0.15) is 17.2 Å². The average Bonchev–Trinajstić information content (AvgIpc) is 3.33. The third-order valence-corrected chi connectivity index (χ3v) is 6.08. The monoisotopic (exact) mass is 405 g/mol. The van der Waals surface area contributed by atoms with E-state index < -0.39 is 0 Å². The lowest BCUT2D eigenvalue weighted by Gasteiger charge is -2.13. The number of nitrogens with zero attached hydrogens (tertiary/aromatic N) is 4. The molecule has 0 saturated heterocycles. The van der Waals surface area contributed by atoms with Gasteiger partial charge in [0.25, 0.3) is 5.56 Å². The van der Waals surface area contributed by atoms with Crippen molar-refractivity contribution in [2.45, 2.75) is 32.7 Å². The highest BCUT2D eigenvalue weighted by Gasteiger charge is 2.38. The largest absolute Gasteiger partial charge is 0.497 e. The molecular formula is C22H23N5O3. The SMILES string of the molecule is COc1ccc2c(Cc3nc4c(=O)n(C)c(=O)n(CC5(C)CC5)c4[nH]3)cncc2c1. The van der Waals surface area contributed by atoms with Gasteiger partial charge in [-0.1, -0.05) is 13.0 Å². The Kier molecular flexibility index (Phi) is 4.06. The first-order valence-corrected chi connectivity index (χ1v) is 9.98. The van der Waals surface area contributed by atoms with E-state index in [1.807, 2.05) is 18.2 Å². The third kappa shape index (κ3) is 2.99. The Balaban J connectivity index is 1.62. The van der Waals surface area contributed by atoms with E-state index in [9.17, 15) is 9.59 Å². The van der Waals surface area contributed by atoms with Crippen molar-refractivity contribution in [1.29, 1.82) is 0 Å². The highest BCUT2D eigenvalue weighted by Crippen LogP contribution is 2.46. The molecule has 4 aromatic rings. The van der Waals surface area contributed by atoms with E-state index >= 15 is 0 Å². The van der Waals surface area contributed by atoms with Gasteiger partial charge in [0.2, 0.25) is 0 Å². The van der Waals surface area contributed by atoms with Gasteiger partial charge in [-0.05, 0) is 41.3 Å². The van der Waals surface area contributed by atoms with Crippen LogP contribution in [0.5, 0.6) is 5.75 Å². The Hall–Kier alpha value is -3.42. The van der Waals surface area contributed by atoms with Crippen LogP contribution in [0.2, 0.25) is 0 Å². The summed E-state index contributed by atoms with van der Waals surface area (Å²) < 4.78 is 8.10.